The number of hydrogen-bond acceptors (Lipinski definition) is 2. The Bertz CT molecular complexity index is 582. The zero-order valence-electron chi connectivity index (χ0n) is 9.65. The highest BCUT2D eigenvalue weighted by Crippen LogP contribution is 2.28. The van der Waals surface area contributed by atoms with Crippen LogP contribution in [0.25, 0.3) is 11.1 Å². The van der Waals surface area contributed by atoms with Gasteiger partial charge in [-0.25, -0.2) is 4.39 Å². The third kappa shape index (κ3) is 3.38. The van der Waals surface area contributed by atoms with Crippen molar-refractivity contribution in [1.82, 2.24) is 0 Å². The molecule has 0 aliphatic rings. The first-order chi connectivity index (χ1) is 9.10. The summed E-state index contributed by atoms with van der Waals surface area (Å²) in [5, 5.41) is 0. The summed E-state index contributed by atoms with van der Waals surface area (Å²) in [6.45, 7) is 0. The van der Waals surface area contributed by atoms with E-state index in [1.54, 1.807) is 24.3 Å². The van der Waals surface area contributed by atoms with Crippen molar-refractivity contribution in [2.24, 2.45) is 0 Å². The van der Waals surface area contributed by atoms with Crippen LogP contribution in [0, 0.1) is 5.82 Å². The molecule has 19 heavy (non-hydrogen) atoms. The molecule has 0 radical (unpaired) electrons. The van der Waals surface area contributed by atoms with Crippen molar-refractivity contribution in [2.75, 3.05) is 0 Å². The third-order valence-electron chi connectivity index (χ3n) is 2.54. The van der Waals surface area contributed by atoms with E-state index in [2.05, 4.69) is 0 Å². The Morgan fingerprint density at radius 1 is 1.00 bits per heavy atom. The number of benzene rings is 2. The molecule has 0 N–H and O–H groups in total. The molecule has 0 saturated heterocycles. The van der Waals surface area contributed by atoms with Gasteiger partial charge in [0.15, 0.2) is 6.29 Å². The van der Waals surface area contributed by atoms with Crippen LogP contribution in [-0.2, 0) is 0 Å². The molecule has 0 heterocycles. The fourth-order valence-electron chi connectivity index (χ4n) is 1.64. The van der Waals surface area contributed by atoms with E-state index in [9.17, 15) is 18.0 Å². The van der Waals surface area contributed by atoms with Gasteiger partial charge in [-0.2, -0.15) is 8.78 Å². The molecule has 0 aromatic heterocycles. The van der Waals surface area contributed by atoms with Crippen molar-refractivity contribution in [3.63, 3.8) is 0 Å². The second-order valence-corrected chi connectivity index (χ2v) is 4.82. The summed E-state index contributed by atoms with van der Waals surface area (Å²) < 4.78 is 37.5. The van der Waals surface area contributed by atoms with Crippen LogP contribution in [0.4, 0.5) is 13.2 Å². The Morgan fingerprint density at radius 3 is 2.21 bits per heavy atom. The van der Waals surface area contributed by atoms with Crippen molar-refractivity contribution in [3.05, 3.63) is 53.8 Å². The second kappa shape index (κ2) is 5.93. The molecular weight excluding hydrogens is 273 g/mol. The van der Waals surface area contributed by atoms with Crippen molar-refractivity contribution in [3.8, 4) is 11.1 Å². The maximum atomic E-state index is 13.2. The summed E-state index contributed by atoms with van der Waals surface area (Å²) in [5.74, 6) is -3.04. The summed E-state index contributed by atoms with van der Waals surface area (Å²) in [6, 6.07) is 10.6. The molecule has 0 aliphatic heterocycles. The van der Waals surface area contributed by atoms with Gasteiger partial charge in [0.05, 0.1) is 5.56 Å². The van der Waals surface area contributed by atoms with E-state index in [4.69, 9.17) is 0 Å². The summed E-state index contributed by atoms with van der Waals surface area (Å²) in [5.41, 5.74) is 1.38. The average molecular weight is 282 g/mol. The monoisotopic (exact) mass is 282 g/mol. The van der Waals surface area contributed by atoms with Gasteiger partial charge in [0.1, 0.15) is 5.82 Å². The number of thioether (sulfide) groups is 1. The van der Waals surface area contributed by atoms with E-state index in [1.165, 1.54) is 18.2 Å². The lowest BCUT2D eigenvalue weighted by Gasteiger charge is -2.05. The van der Waals surface area contributed by atoms with Crippen LogP contribution < -0.4 is 0 Å². The minimum Gasteiger partial charge on any atom is -0.298 e. The predicted octanol–water partition coefficient (Wildman–Crippen LogP) is 4.62. The first-order valence-electron chi connectivity index (χ1n) is 5.40. The molecule has 0 bridgehead atoms. The number of aldehydes is 1. The molecule has 5 heteroatoms. The fraction of sp³-hybridized carbons (Fsp3) is 0.0714. The number of carbonyl (C=O) groups excluding carboxylic acids is 1. The lowest BCUT2D eigenvalue weighted by atomic mass is 10.0. The number of hydrogen-bond donors (Lipinski definition) is 0. The highest BCUT2D eigenvalue weighted by molar-refractivity contribution is 7.99. The molecule has 2 aromatic rings. The van der Waals surface area contributed by atoms with Gasteiger partial charge in [-0.15, -0.1) is 0 Å². The fourth-order valence-corrected chi connectivity index (χ4v) is 2.14. The number of carbonyl (C=O) groups is 1. The Morgan fingerprint density at radius 2 is 1.63 bits per heavy atom. The normalized spacial score (nSPS) is 10.7. The van der Waals surface area contributed by atoms with Crippen molar-refractivity contribution in [2.45, 2.75) is 10.7 Å². The standard InChI is InChI=1S/C14H9F3OS/c15-13-6-3-10(7-11(13)8-18)9-1-4-12(5-2-9)19-14(16)17/h1-8,14H. The Balaban J connectivity index is 2.29. The highest BCUT2D eigenvalue weighted by Gasteiger charge is 2.07. The average Bonchev–Trinajstić information content (AvgIpc) is 2.40. The van der Waals surface area contributed by atoms with Crippen molar-refractivity contribution < 1.29 is 18.0 Å². The molecule has 0 fully saturated rings. The Labute approximate surface area is 112 Å². The van der Waals surface area contributed by atoms with E-state index in [0.717, 1.165) is 5.56 Å². The van der Waals surface area contributed by atoms with E-state index in [0.29, 0.717) is 28.5 Å². The summed E-state index contributed by atoms with van der Waals surface area (Å²) in [6.07, 6.45) is 0.444. The van der Waals surface area contributed by atoms with Gasteiger partial charge >= 0.3 is 0 Å². The minimum absolute atomic E-state index is 0.0245. The lowest BCUT2D eigenvalue weighted by molar-refractivity contribution is 0.112. The van der Waals surface area contributed by atoms with E-state index in [-0.39, 0.29) is 5.56 Å². The number of rotatable bonds is 4. The van der Waals surface area contributed by atoms with Gasteiger partial charge in [-0.1, -0.05) is 30.0 Å². The highest BCUT2D eigenvalue weighted by atomic mass is 32.2. The number of alkyl halides is 2. The molecule has 0 aliphatic carbocycles. The molecule has 2 aromatic carbocycles. The first-order valence-corrected chi connectivity index (χ1v) is 6.28. The largest absolute Gasteiger partial charge is 0.298 e. The molecule has 98 valence electrons. The summed E-state index contributed by atoms with van der Waals surface area (Å²) >= 11 is 0.463. The molecule has 0 saturated carbocycles. The van der Waals surface area contributed by atoms with Crippen LogP contribution in [0.2, 0.25) is 0 Å². The molecule has 0 unspecified atom stereocenters. The first kappa shape index (κ1) is 13.7. The molecule has 1 nitrogen and oxygen atoms in total. The second-order valence-electron chi connectivity index (χ2n) is 3.76. The van der Waals surface area contributed by atoms with E-state index in [1.807, 2.05) is 0 Å². The number of halogens is 3. The van der Waals surface area contributed by atoms with E-state index >= 15 is 0 Å². The van der Waals surface area contributed by atoms with E-state index < -0.39 is 11.6 Å². The molecule has 0 amide bonds. The van der Waals surface area contributed by atoms with Gasteiger partial charge in [0, 0.05) is 4.90 Å². The van der Waals surface area contributed by atoms with Gasteiger partial charge < -0.3 is 0 Å². The molecule has 0 atom stereocenters. The van der Waals surface area contributed by atoms with Crippen molar-refractivity contribution in [1.29, 1.82) is 0 Å². The quantitative estimate of drug-likeness (QED) is 0.601. The van der Waals surface area contributed by atoms with Crippen LogP contribution >= 0.6 is 11.8 Å². The summed E-state index contributed by atoms with van der Waals surface area (Å²) in [7, 11) is 0. The third-order valence-corrected chi connectivity index (χ3v) is 3.26. The van der Waals surface area contributed by atoms with Gasteiger partial charge in [-0.05, 0) is 35.4 Å². The molecular formula is C14H9F3OS. The topological polar surface area (TPSA) is 17.1 Å². The zero-order valence-corrected chi connectivity index (χ0v) is 10.5. The van der Waals surface area contributed by atoms with Crippen LogP contribution in [0.5, 0.6) is 0 Å². The maximum absolute atomic E-state index is 13.2. The van der Waals surface area contributed by atoms with Gasteiger partial charge in [0.25, 0.3) is 5.76 Å². The molecule has 2 rings (SSSR count). The lowest BCUT2D eigenvalue weighted by Crippen LogP contribution is -1.89. The van der Waals surface area contributed by atoms with Crippen LogP contribution in [0.3, 0.4) is 0 Å². The smallest absolute Gasteiger partial charge is 0.288 e. The maximum Gasteiger partial charge on any atom is 0.288 e. The summed E-state index contributed by atoms with van der Waals surface area (Å²) in [4.78, 5) is 11.1. The van der Waals surface area contributed by atoms with Gasteiger partial charge in [0.2, 0.25) is 0 Å². The SMILES string of the molecule is O=Cc1cc(-c2ccc(SC(F)F)cc2)ccc1F. The molecule has 0 spiro atoms. The predicted molar refractivity (Wildman–Crippen MR) is 69.1 cm³/mol. The van der Waals surface area contributed by atoms with Crippen LogP contribution in [0.1, 0.15) is 10.4 Å². The van der Waals surface area contributed by atoms with Crippen molar-refractivity contribution >= 4 is 18.0 Å². The zero-order chi connectivity index (χ0) is 13.8. The Kier molecular flexibility index (Phi) is 4.27. The Hall–Kier alpha value is -1.75. The van der Waals surface area contributed by atoms with Crippen LogP contribution in [-0.4, -0.2) is 12.0 Å². The minimum atomic E-state index is -2.46. The van der Waals surface area contributed by atoms with Crippen LogP contribution in [0.15, 0.2) is 47.4 Å². The van der Waals surface area contributed by atoms with Gasteiger partial charge in [-0.3, -0.25) is 4.79 Å².